The monoisotopic (exact) mass is 449 g/mol. The maximum Gasteiger partial charge on any atom is 0.573 e. The molecule has 30 heavy (non-hydrogen) atoms. The molecule has 9 nitrogen and oxygen atoms in total. The van der Waals surface area contributed by atoms with Crippen molar-refractivity contribution in [2.75, 3.05) is 26.0 Å². The minimum atomic E-state index is -4.84. The summed E-state index contributed by atoms with van der Waals surface area (Å²) >= 11 is 0. The number of nitrogens with zero attached hydrogens (tertiary/aromatic N) is 2. The Bertz CT molecular complexity index is 1030. The summed E-state index contributed by atoms with van der Waals surface area (Å²) in [6, 6.07) is 5.47. The van der Waals surface area contributed by atoms with E-state index in [4.69, 9.17) is 0 Å². The lowest BCUT2D eigenvalue weighted by Gasteiger charge is -2.16. The molecule has 164 valence electrons. The number of benzene rings is 1. The van der Waals surface area contributed by atoms with Gasteiger partial charge in [-0.15, -0.1) is 13.2 Å². The number of aromatic nitrogens is 1. The lowest BCUT2D eigenvalue weighted by molar-refractivity contribution is -0.274. The topological polar surface area (TPSA) is 107 Å². The van der Waals surface area contributed by atoms with Gasteiger partial charge in [0.2, 0.25) is 15.9 Å². The Kier molecular flexibility index (Phi) is 6.77. The van der Waals surface area contributed by atoms with E-state index < -0.39 is 40.6 Å². The van der Waals surface area contributed by atoms with Crippen LogP contribution in [0.15, 0.2) is 41.4 Å². The number of carbonyl (C=O) groups is 2. The Balaban J connectivity index is 2.05. The largest absolute Gasteiger partial charge is 0.573 e. The van der Waals surface area contributed by atoms with Gasteiger partial charge in [-0.05, 0) is 30.3 Å². The van der Waals surface area contributed by atoms with Crippen LogP contribution in [0.5, 0.6) is 5.75 Å². The third-order valence-corrected chi connectivity index (χ3v) is 5.59. The first-order valence-corrected chi connectivity index (χ1v) is 9.64. The van der Waals surface area contributed by atoms with Crippen LogP contribution in [0.1, 0.15) is 10.5 Å². The van der Waals surface area contributed by atoms with Crippen LogP contribution in [0.2, 0.25) is 0 Å². The van der Waals surface area contributed by atoms with E-state index in [0.717, 1.165) is 29.6 Å². The molecule has 1 amide bonds. The second-order valence-corrected chi connectivity index (χ2v) is 8.09. The molecule has 0 saturated heterocycles. The van der Waals surface area contributed by atoms with Crippen molar-refractivity contribution in [1.82, 2.24) is 8.87 Å². The second kappa shape index (κ2) is 8.75. The fourth-order valence-corrected chi connectivity index (χ4v) is 3.59. The molecule has 2 rings (SSSR count). The van der Waals surface area contributed by atoms with Gasteiger partial charge in [-0.3, -0.25) is 4.79 Å². The average Bonchev–Trinajstić information content (AvgIpc) is 3.04. The number of ether oxygens (including phenoxy) is 2. The van der Waals surface area contributed by atoms with Crippen LogP contribution in [0.25, 0.3) is 0 Å². The maximum absolute atomic E-state index is 12.6. The Morgan fingerprint density at radius 2 is 1.80 bits per heavy atom. The summed E-state index contributed by atoms with van der Waals surface area (Å²) in [5, 5.41) is 2.37. The van der Waals surface area contributed by atoms with E-state index in [1.54, 1.807) is 0 Å². The molecule has 1 heterocycles. The molecule has 1 N–H and O–H groups in total. The fourth-order valence-electron chi connectivity index (χ4n) is 2.39. The first-order chi connectivity index (χ1) is 13.8. The predicted molar refractivity (Wildman–Crippen MR) is 98.3 cm³/mol. The number of alkyl halides is 3. The minimum absolute atomic E-state index is 0.00934. The molecule has 0 aliphatic rings. The van der Waals surface area contributed by atoms with Crippen LogP contribution in [0.3, 0.4) is 0 Å². The molecule has 13 heteroatoms. The summed E-state index contributed by atoms with van der Waals surface area (Å²) in [5.74, 6) is -1.92. The zero-order chi connectivity index (χ0) is 22.7. The van der Waals surface area contributed by atoms with E-state index in [9.17, 15) is 31.2 Å². The van der Waals surface area contributed by atoms with Crippen LogP contribution in [0, 0.1) is 0 Å². The number of anilines is 1. The highest BCUT2D eigenvalue weighted by Gasteiger charge is 2.31. The molecule has 0 saturated carbocycles. The quantitative estimate of drug-likeness (QED) is 0.648. The maximum atomic E-state index is 12.6. The fraction of sp³-hybridized carbons (Fsp3) is 0.294. The third-order valence-electron chi connectivity index (χ3n) is 3.82. The normalized spacial score (nSPS) is 12.0. The average molecular weight is 449 g/mol. The van der Waals surface area contributed by atoms with Gasteiger partial charge in [-0.1, -0.05) is 0 Å². The lowest BCUT2D eigenvalue weighted by atomic mass is 10.3. The molecular weight excluding hydrogens is 431 g/mol. The summed E-state index contributed by atoms with van der Waals surface area (Å²) in [6.07, 6.45) is -3.64. The van der Waals surface area contributed by atoms with Crippen molar-refractivity contribution < 1.29 is 40.7 Å². The Morgan fingerprint density at radius 1 is 1.20 bits per heavy atom. The Labute approximate surface area is 170 Å². The van der Waals surface area contributed by atoms with Gasteiger partial charge < -0.3 is 19.4 Å². The number of hydrogen-bond donors (Lipinski definition) is 1. The number of methoxy groups -OCH3 is 1. The number of esters is 1. The van der Waals surface area contributed by atoms with Gasteiger partial charge in [0.05, 0.1) is 13.7 Å². The van der Waals surface area contributed by atoms with E-state index in [0.29, 0.717) is 0 Å². The van der Waals surface area contributed by atoms with E-state index in [2.05, 4.69) is 14.8 Å². The summed E-state index contributed by atoms with van der Waals surface area (Å²) in [6.45, 7) is -0.578. The molecule has 0 spiro atoms. The molecule has 2 aromatic rings. The molecule has 1 aromatic carbocycles. The summed E-state index contributed by atoms with van der Waals surface area (Å²) < 4.78 is 72.1. The molecule has 0 unspecified atom stereocenters. The number of likely N-dealkylation sites (N-methyl/N-ethyl adjacent to an activating group) is 1. The van der Waals surface area contributed by atoms with Crippen molar-refractivity contribution in [2.24, 2.45) is 7.05 Å². The predicted octanol–water partition coefficient (Wildman–Crippen LogP) is 1.97. The molecule has 0 atom stereocenters. The van der Waals surface area contributed by atoms with Crippen molar-refractivity contribution in [3.63, 3.8) is 0 Å². The van der Waals surface area contributed by atoms with Crippen LogP contribution in [0.4, 0.5) is 18.9 Å². The van der Waals surface area contributed by atoms with Gasteiger partial charge in [0.1, 0.15) is 16.3 Å². The molecule has 1 aromatic heterocycles. The second-order valence-electron chi connectivity index (χ2n) is 6.04. The first kappa shape index (κ1) is 23.2. The number of sulfonamides is 1. The van der Waals surface area contributed by atoms with Crippen molar-refractivity contribution in [1.29, 1.82) is 0 Å². The highest BCUT2D eigenvalue weighted by atomic mass is 32.2. The van der Waals surface area contributed by atoms with Crippen molar-refractivity contribution in [2.45, 2.75) is 11.3 Å². The third kappa shape index (κ3) is 5.73. The smallest absolute Gasteiger partial charge is 0.464 e. The Morgan fingerprint density at radius 3 is 2.33 bits per heavy atom. The van der Waals surface area contributed by atoms with Crippen LogP contribution < -0.4 is 10.1 Å². The number of carbonyl (C=O) groups excluding carboxylic acids is 2. The highest BCUT2D eigenvalue weighted by Crippen LogP contribution is 2.24. The van der Waals surface area contributed by atoms with E-state index in [1.807, 2.05) is 0 Å². The van der Waals surface area contributed by atoms with Gasteiger partial charge in [0.15, 0.2) is 0 Å². The van der Waals surface area contributed by atoms with Crippen LogP contribution in [-0.4, -0.2) is 56.2 Å². The molecular formula is C17H18F3N3O6S. The zero-order valence-corrected chi connectivity index (χ0v) is 16.9. The lowest BCUT2D eigenvalue weighted by Crippen LogP contribution is -2.34. The van der Waals surface area contributed by atoms with Gasteiger partial charge in [-0.25, -0.2) is 13.2 Å². The van der Waals surface area contributed by atoms with Gasteiger partial charge in [-0.2, -0.15) is 4.31 Å². The van der Waals surface area contributed by atoms with Crippen LogP contribution >= 0.6 is 0 Å². The van der Waals surface area contributed by atoms with Crippen molar-refractivity contribution >= 4 is 27.6 Å². The minimum Gasteiger partial charge on any atom is -0.464 e. The number of nitrogens with one attached hydrogen (secondary N) is 1. The standard InChI is InChI=1S/C17H18F3N3O6S/c1-22-9-13(8-14(22)16(25)28-3)30(26,27)23(2)10-15(24)21-11-4-6-12(7-5-11)29-17(18,19)20/h4-9H,10H2,1-3H3,(H,21,24). The van der Waals surface area contributed by atoms with E-state index in [-0.39, 0.29) is 16.3 Å². The van der Waals surface area contributed by atoms with Gasteiger partial charge in [0, 0.05) is 26.0 Å². The highest BCUT2D eigenvalue weighted by molar-refractivity contribution is 7.89. The van der Waals surface area contributed by atoms with Crippen molar-refractivity contribution in [3.05, 3.63) is 42.2 Å². The van der Waals surface area contributed by atoms with Gasteiger partial charge >= 0.3 is 12.3 Å². The van der Waals surface area contributed by atoms with Gasteiger partial charge in [0.25, 0.3) is 0 Å². The zero-order valence-electron chi connectivity index (χ0n) is 16.1. The van der Waals surface area contributed by atoms with Crippen LogP contribution in [-0.2, 0) is 26.6 Å². The molecule has 0 aliphatic carbocycles. The van der Waals surface area contributed by atoms with E-state index in [1.165, 1.54) is 37.0 Å². The first-order valence-electron chi connectivity index (χ1n) is 8.20. The molecule has 0 bridgehead atoms. The number of halogens is 3. The summed E-state index contributed by atoms with van der Waals surface area (Å²) in [5.41, 5.74) is 0.156. The van der Waals surface area contributed by atoms with Crippen molar-refractivity contribution in [3.8, 4) is 5.75 Å². The summed E-state index contributed by atoms with van der Waals surface area (Å²) in [7, 11) is -0.314. The summed E-state index contributed by atoms with van der Waals surface area (Å²) in [4.78, 5) is 23.6. The molecule has 0 radical (unpaired) electrons. The number of amides is 1. The number of hydrogen-bond acceptors (Lipinski definition) is 6. The SMILES string of the molecule is COC(=O)c1cc(S(=O)(=O)N(C)CC(=O)Nc2ccc(OC(F)(F)F)cc2)cn1C. The van der Waals surface area contributed by atoms with E-state index >= 15 is 0 Å². The molecule has 0 aliphatic heterocycles. The Hall–Kier alpha value is -3.06. The number of aryl methyl sites for hydroxylation is 1. The number of rotatable bonds is 7. The molecule has 0 fully saturated rings.